The van der Waals surface area contributed by atoms with E-state index >= 15 is 0 Å². The molecule has 1 aliphatic rings. The minimum Gasteiger partial charge on any atom is -0.481 e. The van der Waals surface area contributed by atoms with E-state index in [0.29, 0.717) is 12.3 Å². The van der Waals surface area contributed by atoms with Crippen LogP contribution in [0.1, 0.15) is 61.3 Å². The van der Waals surface area contributed by atoms with Crippen molar-refractivity contribution in [3.8, 4) is 0 Å². The average Bonchev–Trinajstić information content (AvgIpc) is 3.40. The Morgan fingerprint density at radius 1 is 0.879 bits per heavy atom. The Balaban J connectivity index is 1.85. The summed E-state index contributed by atoms with van der Waals surface area (Å²) < 4.78 is 0. The summed E-state index contributed by atoms with van der Waals surface area (Å²) in [6.45, 7) is 2.14. The summed E-state index contributed by atoms with van der Waals surface area (Å²) in [7, 11) is 0. The molecule has 0 aromatic heterocycles. The Kier molecular flexibility index (Phi) is 7.65. The molecule has 1 aliphatic carbocycles. The zero-order valence-corrected chi connectivity index (χ0v) is 19.7. The maximum absolute atomic E-state index is 13.5. The lowest BCUT2D eigenvalue weighted by atomic mass is 9.59. The number of benzene rings is 3. The highest BCUT2D eigenvalue weighted by molar-refractivity contribution is 5.83. The van der Waals surface area contributed by atoms with Gasteiger partial charge in [0, 0.05) is 0 Å². The number of aryl methyl sites for hydroxylation is 2. The molecule has 172 valence electrons. The van der Waals surface area contributed by atoms with Crippen molar-refractivity contribution in [2.75, 3.05) is 0 Å². The molecule has 0 saturated heterocycles. The fraction of sp³-hybridized carbons (Fsp3) is 0.387. The Morgan fingerprint density at radius 3 is 2.06 bits per heavy atom. The number of carboxylic acid groups (broad SMARTS) is 1. The smallest absolute Gasteiger partial charge is 0.314 e. The fourth-order valence-electron chi connectivity index (χ4n) is 6.12. The number of carboxylic acids is 1. The number of hydrogen-bond donors (Lipinski definition) is 1. The van der Waals surface area contributed by atoms with Crippen LogP contribution in [0.4, 0.5) is 0 Å². The normalized spacial score (nSPS) is 16.9. The van der Waals surface area contributed by atoms with Crippen molar-refractivity contribution in [3.05, 3.63) is 107 Å². The van der Waals surface area contributed by atoms with Gasteiger partial charge in [0.15, 0.2) is 0 Å². The zero-order valence-electron chi connectivity index (χ0n) is 19.7. The summed E-state index contributed by atoms with van der Waals surface area (Å²) >= 11 is 0. The van der Waals surface area contributed by atoms with Crippen LogP contribution >= 0.6 is 0 Å². The van der Waals surface area contributed by atoms with Gasteiger partial charge in [-0.3, -0.25) is 4.79 Å². The molecule has 2 unspecified atom stereocenters. The van der Waals surface area contributed by atoms with Gasteiger partial charge >= 0.3 is 5.97 Å². The highest BCUT2D eigenvalue weighted by Gasteiger charge is 2.50. The quantitative estimate of drug-likeness (QED) is 0.360. The van der Waals surface area contributed by atoms with Crippen LogP contribution in [-0.2, 0) is 29.5 Å². The Bertz CT molecular complexity index is 1020. The molecule has 2 nitrogen and oxygen atoms in total. The van der Waals surface area contributed by atoms with Gasteiger partial charge in [0.2, 0.25) is 0 Å². The Hall–Kier alpha value is -2.87. The first kappa shape index (κ1) is 23.3. The topological polar surface area (TPSA) is 37.3 Å². The third-order valence-corrected chi connectivity index (χ3v) is 7.81. The highest BCUT2D eigenvalue weighted by atomic mass is 16.4. The first-order valence-electron chi connectivity index (χ1n) is 12.5. The van der Waals surface area contributed by atoms with Gasteiger partial charge in [0.05, 0.1) is 5.41 Å². The molecule has 3 aromatic rings. The summed E-state index contributed by atoms with van der Waals surface area (Å²) in [6, 6.07) is 29.2. The minimum atomic E-state index is -0.909. The van der Waals surface area contributed by atoms with Gasteiger partial charge in [-0.2, -0.15) is 0 Å². The molecule has 1 fully saturated rings. The largest absolute Gasteiger partial charge is 0.481 e. The number of rotatable bonds is 10. The Labute approximate surface area is 198 Å². The lowest BCUT2D eigenvalue weighted by molar-refractivity contribution is -0.148. The predicted octanol–water partition coefficient (Wildman–Crippen LogP) is 7.25. The number of aliphatic carboxylic acids is 1. The number of hydrogen-bond acceptors (Lipinski definition) is 1. The summed E-state index contributed by atoms with van der Waals surface area (Å²) in [5.41, 5.74) is 3.75. The monoisotopic (exact) mass is 440 g/mol. The van der Waals surface area contributed by atoms with Crippen LogP contribution in [0.25, 0.3) is 0 Å². The van der Waals surface area contributed by atoms with Gasteiger partial charge in [-0.1, -0.05) is 118 Å². The van der Waals surface area contributed by atoms with Crippen LogP contribution in [0.2, 0.25) is 0 Å². The molecule has 0 aliphatic heterocycles. The molecule has 1 N–H and O–H groups in total. The maximum atomic E-state index is 13.5. The lowest BCUT2D eigenvalue weighted by Crippen LogP contribution is -2.48. The molecular weight excluding hydrogens is 404 g/mol. The van der Waals surface area contributed by atoms with E-state index in [1.54, 1.807) is 0 Å². The standard InChI is InChI=1S/C31H36O2/c1-2-26-17-11-12-20-28(26)31(30(32)33,22-21-24-13-5-3-6-14-24)29(27-18-9-10-19-27)23-25-15-7-4-8-16-25/h3-8,11-17,20,27,29H,2,9-10,18-19,21-23H2,1H3,(H,32,33). The minimum absolute atomic E-state index is 0.0660. The van der Waals surface area contributed by atoms with E-state index in [-0.39, 0.29) is 5.92 Å². The highest BCUT2D eigenvalue weighted by Crippen LogP contribution is 2.48. The van der Waals surface area contributed by atoms with Crippen molar-refractivity contribution in [1.29, 1.82) is 0 Å². The van der Waals surface area contributed by atoms with Gasteiger partial charge < -0.3 is 5.11 Å². The van der Waals surface area contributed by atoms with E-state index in [2.05, 4.69) is 67.6 Å². The van der Waals surface area contributed by atoms with E-state index in [1.165, 1.54) is 29.5 Å². The van der Waals surface area contributed by atoms with Gasteiger partial charge in [-0.25, -0.2) is 0 Å². The van der Waals surface area contributed by atoms with Crippen molar-refractivity contribution in [2.24, 2.45) is 11.8 Å². The second-order valence-electron chi connectivity index (χ2n) is 9.61. The van der Waals surface area contributed by atoms with Gasteiger partial charge in [0.25, 0.3) is 0 Å². The molecule has 0 spiro atoms. The van der Waals surface area contributed by atoms with E-state index < -0.39 is 11.4 Å². The average molecular weight is 441 g/mol. The summed E-state index contributed by atoms with van der Waals surface area (Å²) in [4.78, 5) is 13.5. The van der Waals surface area contributed by atoms with Crippen molar-refractivity contribution in [1.82, 2.24) is 0 Å². The third-order valence-electron chi connectivity index (χ3n) is 7.81. The molecular formula is C31H36O2. The Morgan fingerprint density at radius 2 is 1.45 bits per heavy atom. The zero-order chi connectivity index (χ0) is 23.1. The maximum Gasteiger partial charge on any atom is 0.314 e. The molecule has 4 rings (SSSR count). The molecule has 0 amide bonds. The van der Waals surface area contributed by atoms with Crippen molar-refractivity contribution in [3.63, 3.8) is 0 Å². The van der Waals surface area contributed by atoms with E-state index in [1.807, 2.05) is 24.3 Å². The van der Waals surface area contributed by atoms with E-state index in [0.717, 1.165) is 37.7 Å². The van der Waals surface area contributed by atoms with Crippen LogP contribution in [0.15, 0.2) is 84.9 Å². The summed E-state index contributed by atoms with van der Waals surface area (Å²) in [6.07, 6.45) is 7.72. The van der Waals surface area contributed by atoms with Crippen LogP contribution < -0.4 is 0 Å². The molecule has 0 heterocycles. The first-order valence-corrected chi connectivity index (χ1v) is 12.5. The third kappa shape index (κ3) is 5.05. The fourth-order valence-corrected chi connectivity index (χ4v) is 6.12. The van der Waals surface area contributed by atoms with Gasteiger partial charge in [-0.15, -0.1) is 0 Å². The summed E-state index contributed by atoms with van der Waals surface area (Å²) in [5.74, 6) is -0.162. The summed E-state index contributed by atoms with van der Waals surface area (Å²) in [5, 5.41) is 11.1. The SMILES string of the molecule is CCc1ccccc1C(CCc1ccccc1)(C(=O)O)C(Cc1ccccc1)C1CCCC1. The van der Waals surface area contributed by atoms with Gasteiger partial charge in [0.1, 0.15) is 0 Å². The molecule has 1 saturated carbocycles. The first-order chi connectivity index (χ1) is 16.1. The molecule has 0 radical (unpaired) electrons. The van der Waals surface area contributed by atoms with E-state index in [4.69, 9.17) is 0 Å². The van der Waals surface area contributed by atoms with Crippen LogP contribution in [0.5, 0.6) is 0 Å². The van der Waals surface area contributed by atoms with Crippen LogP contribution in [-0.4, -0.2) is 11.1 Å². The molecule has 2 heteroatoms. The van der Waals surface area contributed by atoms with Crippen molar-refractivity contribution in [2.45, 2.75) is 63.7 Å². The van der Waals surface area contributed by atoms with Crippen molar-refractivity contribution < 1.29 is 9.90 Å². The molecule has 33 heavy (non-hydrogen) atoms. The lowest BCUT2D eigenvalue weighted by Gasteiger charge is -2.42. The molecule has 3 aromatic carbocycles. The number of carbonyl (C=O) groups is 1. The van der Waals surface area contributed by atoms with E-state index in [9.17, 15) is 9.90 Å². The molecule has 0 bridgehead atoms. The van der Waals surface area contributed by atoms with Crippen molar-refractivity contribution >= 4 is 5.97 Å². The second kappa shape index (κ2) is 10.8. The predicted molar refractivity (Wildman–Crippen MR) is 135 cm³/mol. The second-order valence-corrected chi connectivity index (χ2v) is 9.61. The van der Waals surface area contributed by atoms with Crippen LogP contribution in [0, 0.1) is 11.8 Å². The van der Waals surface area contributed by atoms with Crippen LogP contribution in [0.3, 0.4) is 0 Å². The molecule has 2 atom stereocenters. The van der Waals surface area contributed by atoms with Gasteiger partial charge in [-0.05, 0) is 59.8 Å².